The largest absolute Gasteiger partial charge is 0.493 e. The molecule has 0 saturated carbocycles. The lowest BCUT2D eigenvalue weighted by Crippen LogP contribution is -2.27. The van der Waals surface area contributed by atoms with Crippen molar-refractivity contribution in [3.8, 4) is 5.75 Å². The van der Waals surface area contributed by atoms with Crippen LogP contribution in [0.3, 0.4) is 0 Å². The summed E-state index contributed by atoms with van der Waals surface area (Å²) in [6, 6.07) is 8.44. The van der Waals surface area contributed by atoms with Crippen molar-refractivity contribution >= 4 is 0 Å². The highest BCUT2D eigenvalue weighted by Gasteiger charge is 2.12. The number of benzene rings is 1. The summed E-state index contributed by atoms with van der Waals surface area (Å²) in [4.78, 5) is 2.51. The monoisotopic (exact) mass is 262 g/mol. The first-order chi connectivity index (χ1) is 9.25. The summed E-state index contributed by atoms with van der Waals surface area (Å²) in [7, 11) is 0. The van der Waals surface area contributed by atoms with Gasteiger partial charge in [-0.05, 0) is 31.5 Å². The molecule has 0 spiro atoms. The smallest absolute Gasteiger partial charge is 0.123 e. The summed E-state index contributed by atoms with van der Waals surface area (Å²) in [5.41, 5.74) is 1.31. The molecule has 0 amide bonds. The fraction of sp³-hybridized carbons (Fsp3) is 0.625. The van der Waals surface area contributed by atoms with E-state index < -0.39 is 0 Å². The van der Waals surface area contributed by atoms with Crippen molar-refractivity contribution in [2.24, 2.45) is 5.92 Å². The van der Waals surface area contributed by atoms with Crippen molar-refractivity contribution in [3.63, 3.8) is 0 Å². The molecule has 1 aliphatic rings. The van der Waals surface area contributed by atoms with Crippen LogP contribution in [-0.4, -0.2) is 37.7 Å². The maximum absolute atomic E-state index is 5.93. The summed E-state index contributed by atoms with van der Waals surface area (Å²) in [5, 5.41) is 3.44. The third-order valence-corrected chi connectivity index (χ3v) is 3.37. The summed E-state index contributed by atoms with van der Waals surface area (Å²) < 4.78 is 5.93. The van der Waals surface area contributed by atoms with E-state index in [2.05, 4.69) is 48.3 Å². The second kappa shape index (κ2) is 7.51. The third kappa shape index (κ3) is 4.84. The molecule has 1 aromatic rings. The van der Waals surface area contributed by atoms with Crippen molar-refractivity contribution in [3.05, 3.63) is 29.8 Å². The molecule has 0 unspecified atom stereocenters. The van der Waals surface area contributed by atoms with Gasteiger partial charge in [-0.25, -0.2) is 0 Å². The first kappa shape index (κ1) is 14.4. The van der Waals surface area contributed by atoms with Crippen molar-refractivity contribution in [2.75, 3.05) is 32.8 Å². The van der Waals surface area contributed by atoms with Gasteiger partial charge in [-0.1, -0.05) is 32.0 Å². The van der Waals surface area contributed by atoms with Crippen LogP contribution in [0.5, 0.6) is 5.75 Å². The average Bonchev–Trinajstić information content (AvgIpc) is 2.66. The van der Waals surface area contributed by atoms with Crippen LogP contribution in [0.25, 0.3) is 0 Å². The van der Waals surface area contributed by atoms with E-state index >= 15 is 0 Å². The second-order valence-corrected chi connectivity index (χ2v) is 5.69. The molecule has 19 heavy (non-hydrogen) atoms. The minimum atomic E-state index is 0.565. The van der Waals surface area contributed by atoms with Crippen LogP contribution in [0.2, 0.25) is 0 Å². The molecule has 1 saturated heterocycles. The van der Waals surface area contributed by atoms with Gasteiger partial charge in [0.1, 0.15) is 5.75 Å². The van der Waals surface area contributed by atoms with E-state index in [9.17, 15) is 0 Å². The number of nitrogens with one attached hydrogen (secondary N) is 1. The Bertz CT molecular complexity index is 371. The van der Waals surface area contributed by atoms with Gasteiger partial charge >= 0.3 is 0 Å². The van der Waals surface area contributed by atoms with E-state index in [0.717, 1.165) is 38.5 Å². The highest BCUT2D eigenvalue weighted by molar-refractivity contribution is 5.33. The van der Waals surface area contributed by atoms with Gasteiger partial charge in [-0.15, -0.1) is 0 Å². The number of rotatable bonds is 5. The molecule has 0 radical (unpaired) electrons. The molecule has 106 valence electrons. The van der Waals surface area contributed by atoms with Gasteiger partial charge in [-0.3, -0.25) is 4.90 Å². The van der Waals surface area contributed by atoms with E-state index in [1.807, 2.05) is 0 Å². The Balaban J connectivity index is 1.97. The molecule has 0 aliphatic carbocycles. The molecule has 2 rings (SSSR count). The normalized spacial score (nSPS) is 17.4. The van der Waals surface area contributed by atoms with Gasteiger partial charge in [0.2, 0.25) is 0 Å². The van der Waals surface area contributed by atoms with Crippen LogP contribution in [0.15, 0.2) is 24.3 Å². The average molecular weight is 262 g/mol. The zero-order valence-corrected chi connectivity index (χ0v) is 12.2. The maximum Gasteiger partial charge on any atom is 0.123 e. The summed E-state index contributed by atoms with van der Waals surface area (Å²) in [6.45, 7) is 10.7. The Morgan fingerprint density at radius 2 is 2.05 bits per heavy atom. The maximum atomic E-state index is 5.93. The summed E-state index contributed by atoms with van der Waals surface area (Å²) in [5.74, 6) is 1.61. The standard InChI is InChI=1S/C16H26N2O/c1-14(2)13-19-16-7-4-3-6-15(16)12-18-10-5-8-17-9-11-18/h3-4,6-7,14,17H,5,8-13H2,1-2H3. The minimum absolute atomic E-state index is 0.565. The molecule has 3 heteroatoms. The predicted octanol–water partition coefficient (Wildman–Crippen LogP) is 2.52. The zero-order valence-electron chi connectivity index (χ0n) is 12.2. The second-order valence-electron chi connectivity index (χ2n) is 5.69. The van der Waals surface area contributed by atoms with Gasteiger partial charge in [0.15, 0.2) is 0 Å². The van der Waals surface area contributed by atoms with Crippen LogP contribution in [0.4, 0.5) is 0 Å². The number of ether oxygens (including phenoxy) is 1. The van der Waals surface area contributed by atoms with Gasteiger partial charge in [0.25, 0.3) is 0 Å². The van der Waals surface area contributed by atoms with Crippen LogP contribution in [-0.2, 0) is 6.54 Å². The first-order valence-electron chi connectivity index (χ1n) is 7.39. The molecule has 1 aliphatic heterocycles. The molecule has 0 aromatic heterocycles. The summed E-state index contributed by atoms with van der Waals surface area (Å²) >= 11 is 0. The van der Waals surface area contributed by atoms with Crippen LogP contribution in [0.1, 0.15) is 25.8 Å². The quantitative estimate of drug-likeness (QED) is 0.882. The number of hydrogen-bond donors (Lipinski definition) is 1. The van der Waals surface area contributed by atoms with Crippen molar-refractivity contribution < 1.29 is 4.74 Å². The molecule has 1 aromatic carbocycles. The third-order valence-electron chi connectivity index (χ3n) is 3.37. The molecule has 1 N–H and O–H groups in total. The highest BCUT2D eigenvalue weighted by Crippen LogP contribution is 2.20. The number of hydrogen-bond acceptors (Lipinski definition) is 3. The first-order valence-corrected chi connectivity index (χ1v) is 7.39. The van der Waals surface area contributed by atoms with Crippen LogP contribution < -0.4 is 10.1 Å². The molecule has 0 atom stereocenters. The molecular formula is C16H26N2O. The number of nitrogens with zero attached hydrogens (tertiary/aromatic N) is 1. The SMILES string of the molecule is CC(C)COc1ccccc1CN1CCCNCC1. The Kier molecular flexibility index (Phi) is 5.67. The van der Waals surface area contributed by atoms with E-state index in [4.69, 9.17) is 4.74 Å². The fourth-order valence-electron chi connectivity index (χ4n) is 2.33. The Hall–Kier alpha value is -1.06. The van der Waals surface area contributed by atoms with Gasteiger partial charge in [-0.2, -0.15) is 0 Å². The van der Waals surface area contributed by atoms with Crippen molar-refractivity contribution in [1.29, 1.82) is 0 Å². The van der Waals surface area contributed by atoms with E-state index in [1.54, 1.807) is 0 Å². The zero-order chi connectivity index (χ0) is 13.5. The molecule has 0 bridgehead atoms. The molecular weight excluding hydrogens is 236 g/mol. The Morgan fingerprint density at radius 1 is 1.21 bits per heavy atom. The Morgan fingerprint density at radius 3 is 2.89 bits per heavy atom. The van der Waals surface area contributed by atoms with Gasteiger partial charge in [0, 0.05) is 25.2 Å². The summed E-state index contributed by atoms with van der Waals surface area (Å²) in [6.07, 6.45) is 1.23. The fourth-order valence-corrected chi connectivity index (χ4v) is 2.33. The van der Waals surface area contributed by atoms with E-state index in [1.165, 1.54) is 18.5 Å². The number of para-hydroxylation sites is 1. The van der Waals surface area contributed by atoms with Gasteiger partial charge in [0.05, 0.1) is 6.61 Å². The van der Waals surface area contributed by atoms with E-state index in [-0.39, 0.29) is 0 Å². The Labute approximate surface area is 116 Å². The molecule has 3 nitrogen and oxygen atoms in total. The highest BCUT2D eigenvalue weighted by atomic mass is 16.5. The molecule has 1 heterocycles. The van der Waals surface area contributed by atoms with Crippen molar-refractivity contribution in [1.82, 2.24) is 10.2 Å². The predicted molar refractivity (Wildman–Crippen MR) is 79.5 cm³/mol. The van der Waals surface area contributed by atoms with Crippen LogP contribution >= 0.6 is 0 Å². The minimum Gasteiger partial charge on any atom is -0.493 e. The molecule has 1 fully saturated rings. The van der Waals surface area contributed by atoms with E-state index in [0.29, 0.717) is 5.92 Å². The lowest BCUT2D eigenvalue weighted by molar-refractivity contribution is 0.251. The lowest BCUT2D eigenvalue weighted by Gasteiger charge is -2.21. The van der Waals surface area contributed by atoms with Crippen molar-refractivity contribution in [2.45, 2.75) is 26.8 Å². The van der Waals surface area contributed by atoms with Gasteiger partial charge < -0.3 is 10.1 Å². The topological polar surface area (TPSA) is 24.5 Å². The van der Waals surface area contributed by atoms with Crippen LogP contribution in [0, 0.1) is 5.92 Å². The lowest BCUT2D eigenvalue weighted by atomic mass is 10.1.